The fourth-order valence-electron chi connectivity index (χ4n) is 2.68. The number of hydrogen-bond acceptors (Lipinski definition) is 4. The highest BCUT2D eigenvalue weighted by Crippen LogP contribution is 2.29. The lowest BCUT2D eigenvalue weighted by molar-refractivity contribution is 0.487. The molecule has 0 aliphatic heterocycles. The van der Waals surface area contributed by atoms with Crippen LogP contribution in [-0.2, 0) is 10.0 Å². The Morgan fingerprint density at radius 1 is 0.852 bits per heavy atom. The number of hydrogen-bond donors (Lipinski definition) is 3. The minimum absolute atomic E-state index is 0.172. The molecule has 136 valence electrons. The van der Waals surface area contributed by atoms with E-state index in [2.05, 4.69) is 14.7 Å². The summed E-state index contributed by atoms with van der Waals surface area (Å²) in [5.74, 6) is 0.881. The molecule has 4 rings (SSSR count). The smallest absolute Gasteiger partial charge is 0.323 e. The van der Waals surface area contributed by atoms with E-state index in [-0.39, 0.29) is 10.6 Å². The van der Waals surface area contributed by atoms with Gasteiger partial charge in [-0.15, -0.1) is 0 Å². The van der Waals surface area contributed by atoms with Crippen LogP contribution in [-0.4, -0.2) is 18.4 Å². The number of rotatable bonds is 5. The predicted octanol–water partition coefficient (Wildman–Crippen LogP) is 3.45. The van der Waals surface area contributed by atoms with E-state index in [1.807, 2.05) is 0 Å². The van der Waals surface area contributed by atoms with Gasteiger partial charge in [0.2, 0.25) is 0 Å². The molecule has 0 unspecified atom stereocenters. The second-order valence-corrected chi connectivity index (χ2v) is 7.49. The molecule has 4 aromatic rings. The second-order valence-electron chi connectivity index (χ2n) is 5.81. The Hall–Kier alpha value is -3.52. The van der Waals surface area contributed by atoms with E-state index in [4.69, 9.17) is 4.74 Å². The molecule has 0 radical (unpaired) electrons. The largest absolute Gasteiger partial charge is 0.455 e. The Morgan fingerprint density at radius 3 is 2.44 bits per heavy atom. The van der Waals surface area contributed by atoms with Crippen molar-refractivity contribution in [2.24, 2.45) is 0 Å². The first-order chi connectivity index (χ1) is 13.0. The lowest BCUT2D eigenvalue weighted by Gasteiger charge is -2.11. The van der Waals surface area contributed by atoms with E-state index in [1.165, 1.54) is 12.1 Å². The third-order valence-corrected chi connectivity index (χ3v) is 5.28. The molecule has 3 aromatic carbocycles. The molecule has 0 fully saturated rings. The van der Waals surface area contributed by atoms with Crippen molar-refractivity contribution in [3.8, 4) is 11.5 Å². The summed E-state index contributed by atoms with van der Waals surface area (Å²) in [6.07, 6.45) is 0. The first-order valence-corrected chi connectivity index (χ1v) is 9.56. The second kappa shape index (κ2) is 6.65. The van der Waals surface area contributed by atoms with Crippen LogP contribution >= 0.6 is 0 Å². The number of ether oxygens (including phenoxy) is 1. The molecule has 0 amide bonds. The molecule has 1 heterocycles. The molecule has 0 saturated heterocycles. The van der Waals surface area contributed by atoms with Crippen molar-refractivity contribution in [3.63, 3.8) is 0 Å². The number of fused-ring (bicyclic) bond motifs is 1. The topological polar surface area (TPSA) is 104 Å². The fourth-order valence-corrected chi connectivity index (χ4v) is 3.75. The summed E-state index contributed by atoms with van der Waals surface area (Å²) in [6, 6.07) is 19.9. The molecule has 0 aliphatic carbocycles. The average molecular weight is 381 g/mol. The molecule has 0 spiro atoms. The van der Waals surface area contributed by atoms with E-state index >= 15 is 0 Å². The number of para-hydroxylation sites is 1. The Morgan fingerprint density at radius 2 is 1.63 bits per heavy atom. The van der Waals surface area contributed by atoms with Crippen molar-refractivity contribution in [3.05, 3.63) is 83.3 Å². The zero-order chi connectivity index (χ0) is 18.9. The summed E-state index contributed by atoms with van der Waals surface area (Å²) >= 11 is 0. The monoisotopic (exact) mass is 381 g/mol. The Bertz CT molecular complexity index is 1260. The molecular formula is C19H15N3O4S. The zero-order valence-electron chi connectivity index (χ0n) is 14.0. The number of aromatic nitrogens is 2. The maximum Gasteiger partial charge on any atom is 0.323 e. The van der Waals surface area contributed by atoms with Crippen LogP contribution in [0, 0.1) is 0 Å². The van der Waals surface area contributed by atoms with Gasteiger partial charge >= 0.3 is 5.69 Å². The highest BCUT2D eigenvalue weighted by molar-refractivity contribution is 7.92. The molecule has 0 aliphatic rings. The van der Waals surface area contributed by atoms with E-state index < -0.39 is 10.0 Å². The standard InChI is InChI=1S/C19H15N3O4S/c23-19-20-16-10-5-11-17(18(16)21-19)26-14-7-4-6-13(12-14)22-27(24,25)15-8-2-1-3-9-15/h1-12,22H,(H2,20,21,23). The highest BCUT2D eigenvalue weighted by atomic mass is 32.2. The summed E-state index contributed by atoms with van der Waals surface area (Å²) < 4.78 is 33.3. The number of imidazole rings is 1. The minimum atomic E-state index is -3.69. The molecule has 27 heavy (non-hydrogen) atoms. The van der Waals surface area contributed by atoms with E-state index in [1.54, 1.807) is 60.7 Å². The van der Waals surface area contributed by atoms with Crippen LogP contribution in [0.3, 0.4) is 0 Å². The number of sulfonamides is 1. The highest BCUT2D eigenvalue weighted by Gasteiger charge is 2.14. The van der Waals surface area contributed by atoms with Gasteiger partial charge in [-0.05, 0) is 36.4 Å². The van der Waals surface area contributed by atoms with Crippen molar-refractivity contribution in [2.45, 2.75) is 4.90 Å². The summed E-state index contributed by atoms with van der Waals surface area (Å²) in [5, 5.41) is 0. The first-order valence-electron chi connectivity index (χ1n) is 8.08. The predicted molar refractivity (Wildman–Crippen MR) is 103 cm³/mol. The first kappa shape index (κ1) is 16.9. The van der Waals surface area contributed by atoms with Crippen LogP contribution in [0.25, 0.3) is 11.0 Å². The van der Waals surface area contributed by atoms with Crippen LogP contribution < -0.4 is 15.1 Å². The van der Waals surface area contributed by atoms with Gasteiger partial charge in [-0.25, -0.2) is 13.2 Å². The number of aromatic amines is 2. The maximum absolute atomic E-state index is 12.5. The van der Waals surface area contributed by atoms with E-state index in [9.17, 15) is 13.2 Å². The molecule has 0 atom stereocenters. The van der Waals surface area contributed by atoms with Crippen molar-refractivity contribution in [1.82, 2.24) is 9.97 Å². The van der Waals surface area contributed by atoms with Crippen LogP contribution in [0.4, 0.5) is 5.69 Å². The number of anilines is 1. The van der Waals surface area contributed by atoms with Crippen LogP contribution in [0.5, 0.6) is 11.5 Å². The molecule has 7 nitrogen and oxygen atoms in total. The Kier molecular flexibility index (Phi) is 4.17. The fraction of sp³-hybridized carbons (Fsp3) is 0. The number of H-pyrrole nitrogens is 2. The molecule has 0 saturated carbocycles. The van der Waals surface area contributed by atoms with E-state index in [0.29, 0.717) is 28.2 Å². The molecular weight excluding hydrogens is 366 g/mol. The van der Waals surface area contributed by atoms with Gasteiger partial charge in [-0.3, -0.25) is 4.72 Å². The maximum atomic E-state index is 12.5. The minimum Gasteiger partial charge on any atom is -0.455 e. The van der Waals surface area contributed by atoms with Gasteiger partial charge in [0.25, 0.3) is 10.0 Å². The summed E-state index contributed by atoms with van der Waals surface area (Å²) in [5.41, 5.74) is 1.20. The van der Waals surface area contributed by atoms with Crippen molar-refractivity contribution >= 4 is 26.7 Å². The number of benzene rings is 3. The van der Waals surface area contributed by atoms with Gasteiger partial charge < -0.3 is 14.7 Å². The average Bonchev–Trinajstić information content (AvgIpc) is 3.04. The Balaban J connectivity index is 1.62. The number of nitrogens with one attached hydrogen (secondary N) is 3. The van der Waals surface area contributed by atoms with Gasteiger partial charge in [-0.2, -0.15) is 0 Å². The summed E-state index contributed by atoms with van der Waals surface area (Å²) in [6.45, 7) is 0. The van der Waals surface area contributed by atoms with Crippen LogP contribution in [0.2, 0.25) is 0 Å². The van der Waals surface area contributed by atoms with E-state index in [0.717, 1.165) is 0 Å². The van der Waals surface area contributed by atoms with Gasteiger partial charge in [0.15, 0.2) is 5.75 Å². The van der Waals surface area contributed by atoms with Gasteiger partial charge in [0, 0.05) is 6.07 Å². The van der Waals surface area contributed by atoms with Crippen LogP contribution in [0.1, 0.15) is 0 Å². The Labute approximate surface area is 154 Å². The van der Waals surface area contributed by atoms with Gasteiger partial charge in [0.1, 0.15) is 11.3 Å². The van der Waals surface area contributed by atoms with Crippen LogP contribution in [0.15, 0.2) is 82.5 Å². The van der Waals surface area contributed by atoms with Crippen molar-refractivity contribution in [2.75, 3.05) is 4.72 Å². The summed E-state index contributed by atoms with van der Waals surface area (Å²) in [4.78, 5) is 17.0. The van der Waals surface area contributed by atoms with Crippen molar-refractivity contribution in [1.29, 1.82) is 0 Å². The van der Waals surface area contributed by atoms with Crippen molar-refractivity contribution < 1.29 is 13.2 Å². The third-order valence-electron chi connectivity index (χ3n) is 3.88. The SMILES string of the molecule is O=c1[nH]c2cccc(Oc3cccc(NS(=O)(=O)c4ccccc4)c3)c2[nH]1. The molecule has 8 heteroatoms. The third kappa shape index (κ3) is 3.56. The quantitative estimate of drug-likeness (QED) is 0.492. The van der Waals surface area contributed by atoms with Gasteiger partial charge in [0.05, 0.1) is 16.1 Å². The molecule has 0 bridgehead atoms. The normalized spacial score (nSPS) is 11.4. The summed E-state index contributed by atoms with van der Waals surface area (Å²) in [7, 11) is -3.69. The van der Waals surface area contributed by atoms with Gasteiger partial charge in [-0.1, -0.05) is 30.3 Å². The zero-order valence-corrected chi connectivity index (χ0v) is 14.8. The lowest BCUT2D eigenvalue weighted by Crippen LogP contribution is -2.12. The lowest BCUT2D eigenvalue weighted by atomic mass is 10.3. The molecule has 1 aromatic heterocycles. The molecule has 3 N–H and O–H groups in total.